The van der Waals surface area contributed by atoms with Gasteiger partial charge in [0.25, 0.3) is 5.56 Å². The van der Waals surface area contributed by atoms with E-state index in [0.717, 1.165) is 0 Å². The van der Waals surface area contributed by atoms with Crippen LogP contribution in [0.1, 0.15) is 6.23 Å². The summed E-state index contributed by atoms with van der Waals surface area (Å²) < 4.78 is 6.48. The molecule has 22 heavy (non-hydrogen) atoms. The molecule has 0 aliphatic carbocycles. The number of nitrogens with zero attached hydrogens (tertiary/aromatic N) is 3. The minimum Gasteiger partial charge on any atom is -1.03 e. The molecule has 1 fully saturated rings. The number of aliphatic hydroxyl groups excluding tert-OH is 2. The van der Waals surface area contributed by atoms with Gasteiger partial charge >= 0.3 is 59.1 Å². The number of nitrogens with two attached hydrogens (primary N) is 1. The Morgan fingerprint density at radius 2 is 2.09 bits per heavy atom. The number of aliphatic hydroxyl groups is 2. The molecule has 5 N–H and O–H groups in total. The summed E-state index contributed by atoms with van der Waals surface area (Å²) in [5.74, 6) is -0.121. The number of rotatable bonds is 2. The van der Waals surface area contributed by atoms with Crippen LogP contribution in [0.4, 0.5) is 5.95 Å². The monoisotopic (exact) mass is 327 g/mol. The quantitative estimate of drug-likeness (QED) is 0.312. The molecule has 0 unspecified atom stereocenters. The van der Waals surface area contributed by atoms with Crippen LogP contribution in [0.3, 0.4) is 0 Å². The van der Waals surface area contributed by atoms with E-state index in [1.54, 1.807) is 0 Å². The van der Waals surface area contributed by atoms with E-state index in [4.69, 9.17) is 10.5 Å². The summed E-state index contributed by atoms with van der Waals surface area (Å²) in [5.41, 5.74) is 5.02. The number of aromatic amines is 1. The van der Waals surface area contributed by atoms with E-state index < -0.39 is 30.1 Å². The molecule has 3 rings (SSSR count). The SMILES string of the molecule is Nc1nc2c(ncn2[C@@H]2O[C@H]([CH-][O-])[C@@H](O)[C@H]2O)c(=O)[nH]1.[Na+].[Na+]. The van der Waals surface area contributed by atoms with E-state index in [1.807, 2.05) is 0 Å². The van der Waals surface area contributed by atoms with Crippen molar-refractivity contribution < 1.29 is 79.2 Å². The fourth-order valence-electron chi connectivity index (χ4n) is 2.16. The Morgan fingerprint density at radius 1 is 1.41 bits per heavy atom. The topological polar surface area (TPSA) is 162 Å². The molecular weight excluding hydrogens is 316 g/mol. The first kappa shape index (κ1) is 20.0. The Balaban J connectivity index is 0.00000121. The number of H-pyrrole nitrogens is 1. The van der Waals surface area contributed by atoms with E-state index in [2.05, 4.69) is 15.0 Å². The molecule has 0 saturated carbocycles. The largest absolute Gasteiger partial charge is 1.03 e. The van der Waals surface area contributed by atoms with Crippen LogP contribution >= 0.6 is 0 Å². The van der Waals surface area contributed by atoms with Gasteiger partial charge in [0.1, 0.15) is 6.10 Å². The Labute approximate surface area is 168 Å². The molecule has 4 atom stereocenters. The number of imidazole rings is 1. The standard InChI is InChI=1S/C10H11N5O5.2Na/c11-10-13-7-4(8(19)14-10)12-2-15(7)9-6(18)5(17)3(1-16)20-9;;/h1-3,5-6,9,17-18H,(H3,11,13,14,19);;/q-2;2*+1/t3-,5-,6-,9-;;/m1../s1. The molecule has 0 spiro atoms. The summed E-state index contributed by atoms with van der Waals surface area (Å²) >= 11 is 0. The van der Waals surface area contributed by atoms with Crippen molar-refractivity contribution in [2.45, 2.75) is 24.5 Å². The van der Waals surface area contributed by atoms with Gasteiger partial charge in [0, 0.05) is 0 Å². The molecule has 1 aliphatic rings. The number of hydrogen-bond acceptors (Lipinski definition) is 8. The van der Waals surface area contributed by atoms with Crippen molar-refractivity contribution in [1.82, 2.24) is 19.5 Å². The molecule has 108 valence electrons. The van der Waals surface area contributed by atoms with Gasteiger partial charge in [-0.2, -0.15) is 4.98 Å². The van der Waals surface area contributed by atoms with Crippen molar-refractivity contribution in [1.29, 1.82) is 0 Å². The maximum atomic E-state index is 11.6. The van der Waals surface area contributed by atoms with E-state index in [0.29, 0.717) is 6.61 Å². The Morgan fingerprint density at radius 3 is 2.68 bits per heavy atom. The van der Waals surface area contributed by atoms with Crippen molar-refractivity contribution in [3.8, 4) is 0 Å². The number of nitrogen functional groups attached to an aromatic ring is 1. The fraction of sp³-hybridized carbons (Fsp3) is 0.400. The van der Waals surface area contributed by atoms with Gasteiger partial charge in [-0.1, -0.05) is 6.10 Å². The average molecular weight is 327 g/mol. The predicted octanol–water partition coefficient (Wildman–Crippen LogP) is -9.15. The Kier molecular flexibility index (Phi) is 7.02. The van der Waals surface area contributed by atoms with Gasteiger partial charge in [0.15, 0.2) is 17.4 Å². The molecule has 0 radical (unpaired) electrons. The molecule has 0 bridgehead atoms. The minimum atomic E-state index is -1.37. The smallest absolute Gasteiger partial charge is 1.00 e. The van der Waals surface area contributed by atoms with Crippen LogP contribution < -0.4 is 75.5 Å². The summed E-state index contributed by atoms with van der Waals surface area (Å²) in [5, 5.41) is 30.3. The number of aromatic nitrogens is 4. The average Bonchev–Trinajstić information content (AvgIpc) is 2.93. The molecule has 1 aliphatic heterocycles. The second-order valence-corrected chi connectivity index (χ2v) is 4.38. The van der Waals surface area contributed by atoms with E-state index in [1.165, 1.54) is 10.9 Å². The third kappa shape index (κ3) is 3.26. The van der Waals surface area contributed by atoms with Crippen LogP contribution in [0.25, 0.3) is 11.2 Å². The molecule has 0 aromatic carbocycles. The van der Waals surface area contributed by atoms with Gasteiger partial charge in [-0.25, -0.2) is 4.98 Å². The summed E-state index contributed by atoms with van der Waals surface area (Å²) in [7, 11) is 0. The molecular formula is C10H11N5Na2O5. The zero-order chi connectivity index (χ0) is 14.4. The predicted molar refractivity (Wildman–Crippen MR) is 62.8 cm³/mol. The number of nitrogens with one attached hydrogen (secondary N) is 1. The summed E-state index contributed by atoms with van der Waals surface area (Å²) in [6, 6.07) is 0. The summed E-state index contributed by atoms with van der Waals surface area (Å²) in [6.07, 6.45) is -3.75. The summed E-state index contributed by atoms with van der Waals surface area (Å²) in [4.78, 5) is 21.7. The third-order valence-corrected chi connectivity index (χ3v) is 3.13. The van der Waals surface area contributed by atoms with Gasteiger partial charge < -0.3 is 32.4 Å². The second-order valence-electron chi connectivity index (χ2n) is 4.38. The molecule has 2 aromatic rings. The van der Waals surface area contributed by atoms with Gasteiger partial charge in [-0.3, -0.25) is 14.3 Å². The number of hydrogen-bond donors (Lipinski definition) is 4. The van der Waals surface area contributed by atoms with Crippen molar-refractivity contribution in [2.75, 3.05) is 5.73 Å². The molecule has 10 nitrogen and oxygen atoms in total. The number of fused-ring (bicyclic) bond motifs is 1. The number of anilines is 1. The first-order valence-electron chi connectivity index (χ1n) is 5.72. The van der Waals surface area contributed by atoms with Gasteiger partial charge in [0.2, 0.25) is 5.95 Å². The van der Waals surface area contributed by atoms with Gasteiger partial charge in [-0.05, 0) is 0 Å². The molecule has 2 aromatic heterocycles. The Hall–Kier alpha value is -0.0100. The van der Waals surface area contributed by atoms with Crippen LogP contribution in [0.2, 0.25) is 0 Å². The van der Waals surface area contributed by atoms with E-state index in [9.17, 15) is 20.1 Å². The zero-order valence-electron chi connectivity index (χ0n) is 12.0. The zero-order valence-corrected chi connectivity index (χ0v) is 16.0. The van der Waals surface area contributed by atoms with Crippen molar-refractivity contribution in [2.24, 2.45) is 0 Å². The van der Waals surface area contributed by atoms with Crippen LogP contribution in [-0.4, -0.2) is 48.0 Å². The van der Waals surface area contributed by atoms with Crippen LogP contribution in [0.5, 0.6) is 0 Å². The first-order valence-corrected chi connectivity index (χ1v) is 5.72. The Bertz CT molecular complexity index is 707. The molecule has 1 saturated heterocycles. The van der Waals surface area contributed by atoms with Crippen LogP contribution in [-0.2, 0) is 4.74 Å². The molecule has 0 amide bonds. The normalized spacial score (nSPS) is 27.4. The van der Waals surface area contributed by atoms with Crippen LogP contribution in [0.15, 0.2) is 11.1 Å². The fourth-order valence-corrected chi connectivity index (χ4v) is 2.16. The maximum Gasteiger partial charge on any atom is 1.00 e. The summed E-state index contributed by atoms with van der Waals surface area (Å²) in [6.45, 7) is 0.390. The third-order valence-electron chi connectivity index (χ3n) is 3.13. The van der Waals surface area contributed by atoms with Crippen molar-refractivity contribution in [3.05, 3.63) is 23.3 Å². The van der Waals surface area contributed by atoms with Crippen molar-refractivity contribution in [3.63, 3.8) is 0 Å². The van der Waals surface area contributed by atoms with E-state index >= 15 is 0 Å². The first-order chi connectivity index (χ1) is 9.52. The molecule has 12 heteroatoms. The number of ether oxygens (including phenoxy) is 1. The maximum absolute atomic E-state index is 11.6. The molecule has 3 heterocycles. The second kappa shape index (κ2) is 7.71. The van der Waals surface area contributed by atoms with Gasteiger partial charge in [-0.15, -0.1) is 0 Å². The minimum absolute atomic E-state index is 0. The van der Waals surface area contributed by atoms with Crippen LogP contribution in [0, 0.1) is 6.61 Å². The van der Waals surface area contributed by atoms with Crippen molar-refractivity contribution >= 4 is 17.1 Å². The van der Waals surface area contributed by atoms with Gasteiger partial charge in [0.05, 0.1) is 12.4 Å². The van der Waals surface area contributed by atoms with E-state index in [-0.39, 0.29) is 76.2 Å².